The van der Waals surface area contributed by atoms with Gasteiger partial charge in [0.1, 0.15) is 5.76 Å². The highest BCUT2D eigenvalue weighted by Crippen LogP contribution is 2.19. The van der Waals surface area contributed by atoms with Gasteiger partial charge in [0.2, 0.25) is 0 Å². The molecule has 1 aromatic heterocycles. The summed E-state index contributed by atoms with van der Waals surface area (Å²) in [6, 6.07) is 0.205. The monoisotopic (exact) mass is 194 g/mol. The molecule has 0 saturated carbocycles. The molecule has 0 fully saturated rings. The number of hydrogen-bond donors (Lipinski definition) is 1. The van der Waals surface area contributed by atoms with Crippen molar-refractivity contribution in [3.8, 4) is 0 Å². The summed E-state index contributed by atoms with van der Waals surface area (Å²) in [7, 11) is 0. The highest BCUT2D eigenvalue weighted by atomic mass is 16.4. The molecule has 1 aliphatic rings. The van der Waals surface area contributed by atoms with Gasteiger partial charge in [-0.05, 0) is 6.92 Å². The van der Waals surface area contributed by atoms with Crippen LogP contribution in [-0.2, 0) is 4.79 Å². The van der Waals surface area contributed by atoms with Crippen LogP contribution in [0.4, 0.5) is 6.01 Å². The van der Waals surface area contributed by atoms with Gasteiger partial charge in [0.15, 0.2) is 0 Å². The smallest absolute Gasteiger partial charge is 0.326 e. The summed E-state index contributed by atoms with van der Waals surface area (Å²) >= 11 is 0. The lowest BCUT2D eigenvalue weighted by Gasteiger charge is -2.04. The highest BCUT2D eigenvalue weighted by molar-refractivity contribution is 6.12. The molecule has 0 unspecified atom stereocenters. The van der Waals surface area contributed by atoms with E-state index < -0.39 is 0 Å². The van der Waals surface area contributed by atoms with Crippen LogP contribution < -0.4 is 10.7 Å². The van der Waals surface area contributed by atoms with Crippen molar-refractivity contribution in [3.05, 3.63) is 12.0 Å². The van der Waals surface area contributed by atoms with Gasteiger partial charge in [-0.2, -0.15) is 10.1 Å². The van der Waals surface area contributed by atoms with Crippen LogP contribution in [0.5, 0.6) is 0 Å². The molecule has 2 rings (SSSR count). The van der Waals surface area contributed by atoms with Crippen LogP contribution in [0.15, 0.2) is 15.7 Å². The number of nitrogens with zero attached hydrogens (tertiary/aromatic N) is 3. The Balaban J connectivity index is 2.27. The number of carbonyl (C=O) groups excluding carboxylic acids is 1. The van der Waals surface area contributed by atoms with Crippen LogP contribution in [0, 0.1) is 6.92 Å². The first kappa shape index (κ1) is 8.89. The highest BCUT2D eigenvalue weighted by Gasteiger charge is 2.27. The molecular formula is C8H10N4O2. The topological polar surface area (TPSA) is 84.7 Å². The zero-order valence-electron chi connectivity index (χ0n) is 7.73. The minimum Gasteiger partial charge on any atom is -0.427 e. The van der Waals surface area contributed by atoms with Crippen LogP contribution in [0.3, 0.4) is 0 Å². The molecule has 1 aliphatic heterocycles. The van der Waals surface area contributed by atoms with Crippen LogP contribution in [-0.4, -0.2) is 23.1 Å². The van der Waals surface area contributed by atoms with Crippen LogP contribution >= 0.6 is 0 Å². The fraction of sp³-hybridized carbons (Fsp3) is 0.375. The van der Waals surface area contributed by atoms with Crippen molar-refractivity contribution in [3.63, 3.8) is 0 Å². The van der Waals surface area contributed by atoms with E-state index in [1.807, 2.05) is 0 Å². The lowest BCUT2D eigenvalue weighted by molar-refractivity contribution is -0.117. The molecular weight excluding hydrogens is 184 g/mol. The van der Waals surface area contributed by atoms with E-state index in [0.717, 1.165) is 5.01 Å². The Morgan fingerprint density at radius 2 is 2.50 bits per heavy atom. The number of carbonyl (C=O) groups is 1. The van der Waals surface area contributed by atoms with Crippen molar-refractivity contribution in [1.82, 2.24) is 4.98 Å². The van der Waals surface area contributed by atoms with Crippen molar-refractivity contribution < 1.29 is 9.21 Å². The number of aromatic nitrogens is 1. The maximum absolute atomic E-state index is 11.4. The summed E-state index contributed by atoms with van der Waals surface area (Å²) in [5.41, 5.74) is 6.03. The third kappa shape index (κ3) is 1.39. The quantitative estimate of drug-likeness (QED) is 0.720. The second-order valence-electron chi connectivity index (χ2n) is 3.01. The predicted octanol–water partition coefficient (Wildman–Crippen LogP) is 0.0344. The molecule has 14 heavy (non-hydrogen) atoms. The molecule has 0 atom stereocenters. The second-order valence-corrected chi connectivity index (χ2v) is 3.01. The summed E-state index contributed by atoms with van der Waals surface area (Å²) < 4.78 is 5.18. The van der Waals surface area contributed by atoms with Gasteiger partial charge in [-0.3, -0.25) is 4.79 Å². The van der Waals surface area contributed by atoms with E-state index in [1.165, 1.54) is 0 Å². The number of aryl methyl sites for hydroxylation is 1. The van der Waals surface area contributed by atoms with Gasteiger partial charge >= 0.3 is 6.01 Å². The summed E-state index contributed by atoms with van der Waals surface area (Å²) in [4.78, 5) is 15.3. The molecule has 0 spiro atoms. The van der Waals surface area contributed by atoms with E-state index in [-0.39, 0.29) is 24.9 Å². The number of nitrogens with two attached hydrogens (primary N) is 1. The van der Waals surface area contributed by atoms with E-state index in [0.29, 0.717) is 11.5 Å². The SMILES string of the molecule is Cc1cnc(N2N=C(CN)CC2=O)o1. The van der Waals surface area contributed by atoms with Gasteiger partial charge < -0.3 is 10.2 Å². The first-order valence-corrected chi connectivity index (χ1v) is 4.22. The molecule has 0 radical (unpaired) electrons. The van der Waals surface area contributed by atoms with Gasteiger partial charge in [0.05, 0.1) is 18.3 Å². The first-order valence-electron chi connectivity index (χ1n) is 4.22. The molecule has 0 aromatic carbocycles. The van der Waals surface area contributed by atoms with Crippen molar-refractivity contribution >= 4 is 17.6 Å². The summed E-state index contributed by atoms with van der Waals surface area (Å²) in [5.74, 6) is 0.483. The van der Waals surface area contributed by atoms with Crippen LogP contribution in [0.2, 0.25) is 0 Å². The molecule has 0 aliphatic carbocycles. The Bertz CT molecular complexity index is 396. The minimum absolute atomic E-state index is 0.160. The lowest BCUT2D eigenvalue weighted by Crippen LogP contribution is -2.19. The predicted molar refractivity (Wildman–Crippen MR) is 49.8 cm³/mol. The number of rotatable bonds is 2. The van der Waals surface area contributed by atoms with Crippen LogP contribution in [0.25, 0.3) is 0 Å². The first-order chi connectivity index (χ1) is 6.70. The average Bonchev–Trinajstić information content (AvgIpc) is 2.71. The standard InChI is InChI=1S/C8H10N4O2/c1-5-4-10-8(14-5)12-7(13)2-6(3-9)11-12/h4H,2-3,9H2,1H3. The van der Waals surface area contributed by atoms with Gasteiger partial charge in [0.25, 0.3) is 5.91 Å². The Morgan fingerprint density at radius 1 is 1.71 bits per heavy atom. The Kier molecular flexibility index (Phi) is 2.05. The number of oxazole rings is 1. The zero-order valence-corrected chi connectivity index (χ0v) is 7.73. The van der Waals surface area contributed by atoms with Crippen molar-refractivity contribution in [2.45, 2.75) is 13.3 Å². The Labute approximate surface area is 80.4 Å². The van der Waals surface area contributed by atoms with Gasteiger partial charge in [-0.15, -0.1) is 5.01 Å². The molecule has 0 saturated heterocycles. The third-order valence-corrected chi connectivity index (χ3v) is 1.86. The number of amides is 1. The molecule has 0 bridgehead atoms. The molecule has 6 nitrogen and oxygen atoms in total. The fourth-order valence-corrected chi connectivity index (χ4v) is 1.19. The molecule has 1 amide bonds. The third-order valence-electron chi connectivity index (χ3n) is 1.86. The molecule has 2 N–H and O–H groups in total. The van der Waals surface area contributed by atoms with Crippen molar-refractivity contribution in [2.24, 2.45) is 10.8 Å². The van der Waals surface area contributed by atoms with E-state index in [1.54, 1.807) is 13.1 Å². The van der Waals surface area contributed by atoms with E-state index in [4.69, 9.17) is 10.2 Å². The average molecular weight is 194 g/mol. The molecule has 6 heteroatoms. The van der Waals surface area contributed by atoms with Crippen LogP contribution in [0.1, 0.15) is 12.2 Å². The minimum atomic E-state index is -0.160. The maximum Gasteiger partial charge on any atom is 0.326 e. The largest absolute Gasteiger partial charge is 0.427 e. The number of hydrazone groups is 1. The Morgan fingerprint density at radius 3 is 3.00 bits per heavy atom. The number of anilines is 1. The van der Waals surface area contributed by atoms with E-state index in [2.05, 4.69) is 10.1 Å². The number of hydrogen-bond acceptors (Lipinski definition) is 5. The second kappa shape index (κ2) is 3.22. The fourth-order valence-electron chi connectivity index (χ4n) is 1.19. The van der Waals surface area contributed by atoms with Crippen molar-refractivity contribution in [2.75, 3.05) is 11.6 Å². The van der Waals surface area contributed by atoms with Gasteiger partial charge in [0, 0.05) is 6.54 Å². The van der Waals surface area contributed by atoms with E-state index in [9.17, 15) is 4.79 Å². The van der Waals surface area contributed by atoms with Crippen molar-refractivity contribution in [1.29, 1.82) is 0 Å². The summed E-state index contributed by atoms with van der Waals surface area (Å²) in [5, 5.41) is 5.14. The summed E-state index contributed by atoms with van der Waals surface area (Å²) in [6.45, 7) is 2.03. The molecule has 1 aromatic rings. The van der Waals surface area contributed by atoms with E-state index >= 15 is 0 Å². The van der Waals surface area contributed by atoms with Gasteiger partial charge in [-0.1, -0.05) is 0 Å². The molecule has 74 valence electrons. The normalized spacial score (nSPS) is 16.3. The van der Waals surface area contributed by atoms with Gasteiger partial charge in [-0.25, -0.2) is 0 Å². The lowest BCUT2D eigenvalue weighted by atomic mass is 10.3. The summed E-state index contributed by atoms with van der Waals surface area (Å²) in [6.07, 6.45) is 1.79. The molecule has 2 heterocycles. The zero-order chi connectivity index (χ0) is 10.1. The maximum atomic E-state index is 11.4. The Hall–Kier alpha value is -1.69.